The van der Waals surface area contributed by atoms with Crippen molar-refractivity contribution in [3.63, 3.8) is 0 Å². The first-order chi connectivity index (χ1) is 13.1. The van der Waals surface area contributed by atoms with Crippen molar-refractivity contribution >= 4 is 34.7 Å². The minimum atomic E-state index is -2.11. The van der Waals surface area contributed by atoms with Crippen LogP contribution in [0.4, 0.5) is 5.69 Å². The number of ether oxygens (including phenoxy) is 1. The van der Waals surface area contributed by atoms with Gasteiger partial charge in [-0.25, -0.2) is 4.78 Å². The first kappa shape index (κ1) is 18.0. The quantitative estimate of drug-likeness (QED) is 0.588. The van der Waals surface area contributed by atoms with Gasteiger partial charge in [0, 0.05) is 11.5 Å². The molecule has 5 heteroatoms. The van der Waals surface area contributed by atoms with Crippen molar-refractivity contribution in [3.05, 3.63) is 90.0 Å². The summed E-state index contributed by atoms with van der Waals surface area (Å²) >= 11 is 6.31. The van der Waals surface area contributed by atoms with Gasteiger partial charge in [0.1, 0.15) is 5.75 Å². The van der Waals surface area contributed by atoms with Gasteiger partial charge in [0.25, 0.3) is 0 Å². The summed E-state index contributed by atoms with van der Waals surface area (Å²) in [6, 6.07) is 26.9. The van der Waals surface area contributed by atoms with Crippen molar-refractivity contribution < 1.29 is 4.74 Å². The molecule has 0 spiro atoms. The summed E-state index contributed by atoms with van der Waals surface area (Å²) < 4.78 is 7.41. The highest BCUT2D eigenvalue weighted by molar-refractivity contribution is 8.19. The molecule has 0 saturated heterocycles. The van der Waals surface area contributed by atoms with Crippen LogP contribution < -0.4 is 14.8 Å². The number of hydrogen-bond acceptors (Lipinski definition) is 3. The van der Waals surface area contributed by atoms with Gasteiger partial charge < -0.3 is 4.74 Å². The largest absolute Gasteiger partial charge is 0.497 e. The zero-order valence-electron chi connectivity index (χ0n) is 15.4. The molecule has 0 aromatic heterocycles. The molecule has 0 bridgehead atoms. The molecule has 3 aromatic carbocycles. The lowest BCUT2D eigenvalue weighted by atomic mass is 10.1. The van der Waals surface area contributed by atoms with Gasteiger partial charge in [0.15, 0.2) is 0 Å². The first-order valence-electron chi connectivity index (χ1n) is 8.84. The third kappa shape index (κ3) is 3.43. The van der Waals surface area contributed by atoms with Crippen molar-refractivity contribution in [1.82, 2.24) is 0 Å². The van der Waals surface area contributed by atoms with Crippen LogP contribution in [0.1, 0.15) is 11.1 Å². The molecule has 0 fully saturated rings. The summed E-state index contributed by atoms with van der Waals surface area (Å²) in [6.45, 7) is 2.09. The van der Waals surface area contributed by atoms with Crippen LogP contribution in [0.25, 0.3) is 0 Å². The predicted molar refractivity (Wildman–Crippen MR) is 118 cm³/mol. The molecule has 1 unspecified atom stereocenters. The van der Waals surface area contributed by atoms with E-state index in [2.05, 4.69) is 60.2 Å². The van der Waals surface area contributed by atoms with Crippen molar-refractivity contribution in [3.8, 4) is 5.75 Å². The van der Waals surface area contributed by atoms with E-state index in [-0.39, 0.29) is 0 Å². The number of hydrogen-bond donors (Lipinski definition) is 0. The molecule has 1 aliphatic heterocycles. The Labute approximate surface area is 165 Å². The van der Waals surface area contributed by atoms with Crippen LogP contribution in [-0.2, 0) is 11.8 Å². The van der Waals surface area contributed by atoms with Gasteiger partial charge in [0.2, 0.25) is 0 Å². The summed E-state index contributed by atoms with van der Waals surface area (Å²) in [5.74, 6) is 0.839. The van der Waals surface area contributed by atoms with Gasteiger partial charge >= 0.3 is 0 Å². The lowest BCUT2D eigenvalue weighted by Gasteiger charge is -2.28. The van der Waals surface area contributed by atoms with E-state index in [1.165, 1.54) is 5.56 Å². The van der Waals surface area contributed by atoms with E-state index in [0.29, 0.717) is 0 Å². The molecule has 136 valence electrons. The zero-order chi connectivity index (χ0) is 18.9. The number of methoxy groups -OCH3 is 1. The number of nitrogens with zero attached hydrogens (tertiary/aromatic N) is 2. The van der Waals surface area contributed by atoms with E-state index in [1.54, 1.807) is 7.11 Å². The molecule has 3 nitrogen and oxygen atoms in total. The van der Waals surface area contributed by atoms with E-state index in [0.717, 1.165) is 34.2 Å². The van der Waals surface area contributed by atoms with E-state index in [4.69, 9.17) is 21.6 Å². The molecule has 4 rings (SSSR count). The maximum Gasteiger partial charge on any atom is 0.118 e. The van der Waals surface area contributed by atoms with Crippen molar-refractivity contribution in [2.75, 3.05) is 18.1 Å². The standard InChI is InChI=1S/C22H21N2OPS/c1-17-8-10-19(11-9-17)24-23-22(18-6-4-3-5-7-18)16-26(24,27)21-14-12-20(25-2)13-15-21/h3-15H,16H2,1-2H3. The Kier molecular flexibility index (Phi) is 4.86. The van der Waals surface area contributed by atoms with Gasteiger partial charge in [-0.15, -0.1) is 0 Å². The first-order valence-corrected chi connectivity index (χ1v) is 11.8. The molecule has 0 amide bonds. The third-order valence-electron chi connectivity index (χ3n) is 4.73. The van der Waals surface area contributed by atoms with Crippen molar-refractivity contribution in [2.45, 2.75) is 6.92 Å². The van der Waals surface area contributed by atoms with E-state index < -0.39 is 6.19 Å². The minimum Gasteiger partial charge on any atom is -0.497 e. The maximum absolute atomic E-state index is 6.31. The molecule has 3 aromatic rings. The predicted octanol–water partition coefficient (Wildman–Crippen LogP) is 4.95. The highest BCUT2D eigenvalue weighted by atomic mass is 32.4. The van der Waals surface area contributed by atoms with Crippen LogP contribution in [0.5, 0.6) is 5.75 Å². The Morgan fingerprint density at radius 2 is 1.59 bits per heavy atom. The zero-order valence-corrected chi connectivity index (χ0v) is 17.1. The fourth-order valence-electron chi connectivity index (χ4n) is 3.21. The lowest BCUT2D eigenvalue weighted by molar-refractivity contribution is 0.415. The second-order valence-electron chi connectivity index (χ2n) is 6.60. The van der Waals surface area contributed by atoms with Crippen molar-refractivity contribution in [2.24, 2.45) is 5.10 Å². The van der Waals surface area contributed by atoms with Crippen LogP contribution >= 0.6 is 6.19 Å². The van der Waals surface area contributed by atoms with E-state index in [1.807, 2.05) is 30.3 Å². The van der Waals surface area contributed by atoms with Gasteiger partial charge in [0.05, 0.1) is 24.7 Å². The topological polar surface area (TPSA) is 24.8 Å². The molecule has 0 N–H and O–H groups in total. The fourth-order valence-corrected chi connectivity index (χ4v) is 6.89. The van der Waals surface area contributed by atoms with Crippen LogP contribution in [0.15, 0.2) is 84.0 Å². The minimum absolute atomic E-state index is 0.770. The number of hydrazone groups is 1. The highest BCUT2D eigenvalue weighted by Gasteiger charge is 2.36. The normalized spacial score (nSPS) is 19.0. The monoisotopic (exact) mass is 392 g/mol. The van der Waals surface area contributed by atoms with Crippen molar-refractivity contribution in [1.29, 1.82) is 0 Å². The number of rotatable bonds is 4. The Morgan fingerprint density at radius 1 is 0.926 bits per heavy atom. The number of aryl methyl sites for hydroxylation is 1. The fraction of sp³-hybridized carbons (Fsp3) is 0.136. The molecular formula is C22H21N2OPS. The Bertz CT molecular complexity index is 1010. The average Bonchev–Trinajstić information content (AvgIpc) is 3.08. The van der Waals surface area contributed by atoms with E-state index >= 15 is 0 Å². The summed E-state index contributed by atoms with van der Waals surface area (Å²) in [7, 11) is 1.68. The van der Waals surface area contributed by atoms with E-state index in [9.17, 15) is 0 Å². The van der Waals surface area contributed by atoms with Crippen LogP contribution in [-0.4, -0.2) is 19.0 Å². The van der Waals surface area contributed by atoms with Gasteiger partial charge in [-0.05, 0) is 48.9 Å². The smallest absolute Gasteiger partial charge is 0.118 e. The molecule has 1 aliphatic rings. The van der Waals surface area contributed by atoms with Crippen LogP contribution in [0, 0.1) is 6.92 Å². The summed E-state index contributed by atoms with van der Waals surface area (Å²) in [4.78, 5) is 0. The molecule has 0 saturated carbocycles. The Balaban J connectivity index is 1.81. The Hall–Kier alpha value is -2.42. The Morgan fingerprint density at radius 3 is 2.22 bits per heavy atom. The lowest BCUT2D eigenvalue weighted by Crippen LogP contribution is -2.19. The second kappa shape index (κ2) is 7.30. The molecule has 1 heterocycles. The third-order valence-corrected chi connectivity index (χ3v) is 8.98. The average molecular weight is 392 g/mol. The summed E-state index contributed by atoms with van der Waals surface area (Å²) in [5, 5.41) is 6.14. The van der Waals surface area contributed by atoms with Gasteiger partial charge in [-0.1, -0.05) is 59.8 Å². The summed E-state index contributed by atoms with van der Waals surface area (Å²) in [5.41, 5.74) is 4.46. The maximum atomic E-state index is 6.31. The highest BCUT2D eigenvalue weighted by Crippen LogP contribution is 2.55. The summed E-state index contributed by atoms with van der Waals surface area (Å²) in [6.07, 6.45) is -1.34. The molecular weight excluding hydrogens is 371 g/mol. The van der Waals surface area contributed by atoms with Crippen LogP contribution in [0.3, 0.4) is 0 Å². The van der Waals surface area contributed by atoms with Gasteiger partial charge in [-0.3, -0.25) is 0 Å². The van der Waals surface area contributed by atoms with Gasteiger partial charge in [-0.2, -0.15) is 5.10 Å². The molecule has 1 atom stereocenters. The van der Waals surface area contributed by atoms with Crippen LogP contribution in [0.2, 0.25) is 0 Å². The number of anilines is 1. The molecule has 0 radical (unpaired) electrons. The SMILES string of the molecule is COc1ccc(P2(=S)CC(c3ccccc3)=NN2c2ccc(C)cc2)cc1. The molecule has 0 aliphatic carbocycles. The molecule has 27 heavy (non-hydrogen) atoms. The second-order valence-corrected chi connectivity index (χ2v) is 11.0. The number of benzene rings is 3.